The van der Waals surface area contributed by atoms with Crippen LogP contribution in [0, 0.1) is 5.92 Å². The molecule has 0 spiro atoms. The highest BCUT2D eigenvalue weighted by Crippen LogP contribution is 2.33. The highest BCUT2D eigenvalue weighted by Gasteiger charge is 2.37. The molecule has 7 heteroatoms. The summed E-state index contributed by atoms with van der Waals surface area (Å²) < 4.78 is 0.931. The second-order valence-corrected chi connectivity index (χ2v) is 6.57. The molecule has 1 aliphatic rings. The second-order valence-electron chi connectivity index (χ2n) is 5.65. The van der Waals surface area contributed by atoms with Gasteiger partial charge in [-0.1, -0.05) is 15.9 Å². The molecular weight excluding hydrogens is 372 g/mol. The zero-order valence-electron chi connectivity index (χ0n) is 12.8. The molecular formula is C17H17BrN4O2. The van der Waals surface area contributed by atoms with Gasteiger partial charge in [0, 0.05) is 16.4 Å². The van der Waals surface area contributed by atoms with Gasteiger partial charge in [0.15, 0.2) is 0 Å². The van der Waals surface area contributed by atoms with E-state index < -0.39 is 12.1 Å². The fraction of sp³-hybridized carbons (Fsp3) is 0.235. The van der Waals surface area contributed by atoms with Crippen LogP contribution in [-0.4, -0.2) is 23.0 Å². The Morgan fingerprint density at radius 2 is 1.83 bits per heavy atom. The van der Waals surface area contributed by atoms with Crippen LogP contribution in [0.3, 0.4) is 0 Å². The van der Waals surface area contributed by atoms with E-state index in [0.717, 1.165) is 17.3 Å². The molecule has 1 fully saturated rings. The van der Waals surface area contributed by atoms with E-state index in [0.29, 0.717) is 11.4 Å². The van der Waals surface area contributed by atoms with Gasteiger partial charge in [0.05, 0.1) is 11.9 Å². The first-order chi connectivity index (χ1) is 11.6. The van der Waals surface area contributed by atoms with Crippen molar-refractivity contribution in [3.05, 3.63) is 53.3 Å². The average Bonchev–Trinajstić information content (AvgIpc) is 3.40. The maximum atomic E-state index is 12.4. The third-order valence-corrected chi connectivity index (χ3v) is 4.22. The highest BCUT2D eigenvalue weighted by atomic mass is 79.9. The quantitative estimate of drug-likeness (QED) is 0.733. The summed E-state index contributed by atoms with van der Waals surface area (Å²) in [6.07, 6.45) is 5.08. The van der Waals surface area contributed by atoms with E-state index in [-0.39, 0.29) is 11.8 Å². The highest BCUT2D eigenvalue weighted by molar-refractivity contribution is 9.10. The molecule has 6 nitrogen and oxygen atoms in total. The standard InChI is InChI=1S/C17H17BrN4O2/c18-12-5-7-13(8-6-12)21-17(24)22-15(11-3-4-11)16(23)20-14-2-1-9-19-10-14/h1-2,5-11,15H,3-4H2,(H,20,23)(H2,21,22,24). The molecule has 1 saturated carbocycles. The Labute approximate surface area is 148 Å². The van der Waals surface area contributed by atoms with E-state index in [4.69, 9.17) is 0 Å². The molecule has 3 N–H and O–H groups in total. The summed E-state index contributed by atoms with van der Waals surface area (Å²) in [5.41, 5.74) is 1.28. The lowest BCUT2D eigenvalue weighted by Crippen LogP contribution is -2.47. The largest absolute Gasteiger partial charge is 0.326 e. The lowest BCUT2D eigenvalue weighted by Gasteiger charge is -2.18. The Kier molecular flexibility index (Phi) is 5.10. The molecule has 0 radical (unpaired) electrons. The number of carbonyl (C=O) groups excluding carboxylic acids is 2. The summed E-state index contributed by atoms with van der Waals surface area (Å²) in [4.78, 5) is 28.6. The average molecular weight is 389 g/mol. The minimum atomic E-state index is -0.555. The molecule has 1 atom stereocenters. The van der Waals surface area contributed by atoms with Crippen LogP contribution >= 0.6 is 15.9 Å². The van der Waals surface area contributed by atoms with Crippen LogP contribution in [0.5, 0.6) is 0 Å². The van der Waals surface area contributed by atoms with Crippen molar-refractivity contribution in [1.29, 1.82) is 0 Å². The first kappa shape index (κ1) is 16.4. The van der Waals surface area contributed by atoms with Crippen molar-refractivity contribution in [3.63, 3.8) is 0 Å². The number of anilines is 2. The molecule has 1 heterocycles. The van der Waals surface area contributed by atoms with Gasteiger partial charge in [-0.2, -0.15) is 0 Å². The van der Waals surface area contributed by atoms with Gasteiger partial charge < -0.3 is 16.0 Å². The topological polar surface area (TPSA) is 83.1 Å². The monoisotopic (exact) mass is 388 g/mol. The van der Waals surface area contributed by atoms with Crippen molar-refractivity contribution in [2.24, 2.45) is 5.92 Å². The Hall–Kier alpha value is -2.41. The van der Waals surface area contributed by atoms with Gasteiger partial charge in [0.25, 0.3) is 0 Å². The first-order valence-electron chi connectivity index (χ1n) is 7.66. The van der Waals surface area contributed by atoms with Crippen LogP contribution in [0.2, 0.25) is 0 Å². The summed E-state index contributed by atoms with van der Waals surface area (Å²) in [7, 11) is 0. The predicted octanol–water partition coefficient (Wildman–Crippen LogP) is 3.38. The number of rotatable bonds is 5. The van der Waals surface area contributed by atoms with Crippen LogP contribution in [-0.2, 0) is 4.79 Å². The number of hydrogen-bond donors (Lipinski definition) is 3. The maximum Gasteiger partial charge on any atom is 0.319 e. The van der Waals surface area contributed by atoms with Gasteiger partial charge in [-0.15, -0.1) is 0 Å². The minimum Gasteiger partial charge on any atom is -0.326 e. The molecule has 0 bridgehead atoms. The summed E-state index contributed by atoms with van der Waals surface area (Å²) in [6, 6.07) is 9.80. The number of aromatic nitrogens is 1. The van der Waals surface area contributed by atoms with Gasteiger partial charge in [-0.3, -0.25) is 9.78 Å². The van der Waals surface area contributed by atoms with Crippen LogP contribution in [0.4, 0.5) is 16.2 Å². The zero-order valence-corrected chi connectivity index (χ0v) is 14.4. The number of urea groups is 1. The molecule has 1 unspecified atom stereocenters. The number of nitrogens with zero attached hydrogens (tertiary/aromatic N) is 1. The third kappa shape index (κ3) is 4.55. The molecule has 1 aliphatic carbocycles. The molecule has 124 valence electrons. The fourth-order valence-corrected chi connectivity index (χ4v) is 2.59. The van der Waals surface area contributed by atoms with Crippen molar-refractivity contribution in [3.8, 4) is 0 Å². The molecule has 3 rings (SSSR count). The fourth-order valence-electron chi connectivity index (χ4n) is 2.33. The van der Waals surface area contributed by atoms with E-state index >= 15 is 0 Å². The molecule has 0 saturated heterocycles. The lowest BCUT2D eigenvalue weighted by atomic mass is 10.1. The van der Waals surface area contributed by atoms with E-state index in [9.17, 15) is 9.59 Å². The van der Waals surface area contributed by atoms with E-state index in [1.54, 1.807) is 36.7 Å². The summed E-state index contributed by atoms with van der Waals surface area (Å²) >= 11 is 3.34. The van der Waals surface area contributed by atoms with Crippen molar-refractivity contribution in [2.75, 3.05) is 10.6 Å². The van der Waals surface area contributed by atoms with Gasteiger partial charge in [0.2, 0.25) is 5.91 Å². The molecule has 24 heavy (non-hydrogen) atoms. The van der Waals surface area contributed by atoms with Crippen molar-refractivity contribution >= 4 is 39.2 Å². The Morgan fingerprint density at radius 3 is 2.46 bits per heavy atom. The van der Waals surface area contributed by atoms with Crippen molar-refractivity contribution in [2.45, 2.75) is 18.9 Å². The maximum absolute atomic E-state index is 12.4. The van der Waals surface area contributed by atoms with Crippen molar-refractivity contribution < 1.29 is 9.59 Å². The second kappa shape index (κ2) is 7.44. The lowest BCUT2D eigenvalue weighted by molar-refractivity contribution is -0.118. The molecule has 2 aromatic rings. The van der Waals surface area contributed by atoms with Crippen LogP contribution in [0.15, 0.2) is 53.3 Å². The normalized spacial score (nSPS) is 14.5. The Morgan fingerprint density at radius 1 is 1.08 bits per heavy atom. The summed E-state index contributed by atoms with van der Waals surface area (Å²) in [5, 5.41) is 8.30. The van der Waals surface area contributed by atoms with E-state index in [1.165, 1.54) is 0 Å². The van der Waals surface area contributed by atoms with E-state index in [1.807, 2.05) is 12.1 Å². The minimum absolute atomic E-state index is 0.178. The third-order valence-electron chi connectivity index (χ3n) is 3.69. The smallest absolute Gasteiger partial charge is 0.319 e. The number of halogens is 1. The van der Waals surface area contributed by atoms with E-state index in [2.05, 4.69) is 36.9 Å². The number of amides is 3. The van der Waals surface area contributed by atoms with Crippen molar-refractivity contribution in [1.82, 2.24) is 10.3 Å². The SMILES string of the molecule is O=C(Nc1ccc(Br)cc1)NC(C(=O)Nc1cccnc1)C1CC1. The number of pyridine rings is 1. The van der Waals surface area contributed by atoms with Crippen LogP contribution in [0.25, 0.3) is 0 Å². The van der Waals surface area contributed by atoms with Crippen LogP contribution in [0.1, 0.15) is 12.8 Å². The summed E-state index contributed by atoms with van der Waals surface area (Å²) in [5.74, 6) is -0.0474. The molecule has 3 amide bonds. The van der Waals surface area contributed by atoms with Gasteiger partial charge >= 0.3 is 6.03 Å². The van der Waals surface area contributed by atoms with Gasteiger partial charge in [-0.05, 0) is 55.2 Å². The summed E-state index contributed by atoms with van der Waals surface area (Å²) in [6.45, 7) is 0. The predicted molar refractivity (Wildman–Crippen MR) is 95.7 cm³/mol. The first-order valence-corrected chi connectivity index (χ1v) is 8.45. The molecule has 1 aromatic heterocycles. The van der Waals surface area contributed by atoms with Gasteiger partial charge in [-0.25, -0.2) is 4.79 Å². The van der Waals surface area contributed by atoms with Crippen LogP contribution < -0.4 is 16.0 Å². The Bertz CT molecular complexity index is 717. The Balaban J connectivity index is 1.60. The number of hydrogen-bond acceptors (Lipinski definition) is 3. The number of carbonyl (C=O) groups is 2. The number of benzene rings is 1. The molecule has 1 aromatic carbocycles. The zero-order chi connectivity index (χ0) is 16.9. The van der Waals surface area contributed by atoms with Gasteiger partial charge in [0.1, 0.15) is 6.04 Å². The number of nitrogens with one attached hydrogen (secondary N) is 3. The molecule has 0 aliphatic heterocycles.